The predicted octanol–water partition coefficient (Wildman–Crippen LogP) is 0.0574. The molecule has 1 aromatic carbocycles. The maximum atomic E-state index is 13.3. The molecule has 0 aliphatic rings. The molecule has 1 aromatic heterocycles. The van der Waals surface area contributed by atoms with E-state index in [4.69, 9.17) is 5.73 Å². The van der Waals surface area contributed by atoms with Gasteiger partial charge in [-0.3, -0.25) is 0 Å². The van der Waals surface area contributed by atoms with Crippen LogP contribution in [0.25, 0.3) is 0 Å². The van der Waals surface area contributed by atoms with Gasteiger partial charge in [0.25, 0.3) is 0 Å². The van der Waals surface area contributed by atoms with E-state index in [1.54, 1.807) is 11.6 Å². The first-order valence-corrected chi connectivity index (χ1v) is 7.26. The number of nitrogens with zero attached hydrogens (tertiary/aromatic N) is 3. The lowest BCUT2D eigenvalue weighted by Gasteiger charge is -2.07. The van der Waals surface area contributed by atoms with Gasteiger partial charge in [-0.2, -0.15) is 0 Å². The first-order valence-electron chi connectivity index (χ1n) is 5.78. The van der Waals surface area contributed by atoms with E-state index in [2.05, 4.69) is 14.9 Å². The van der Waals surface area contributed by atoms with Gasteiger partial charge in [-0.1, -0.05) is 0 Å². The van der Waals surface area contributed by atoms with Crippen LogP contribution in [0.2, 0.25) is 0 Å². The van der Waals surface area contributed by atoms with Gasteiger partial charge in [0.05, 0.1) is 10.6 Å². The lowest BCUT2D eigenvalue weighted by Crippen LogP contribution is -2.26. The largest absolute Gasteiger partial charge is 0.396 e. The standard InChI is InChI=1S/C11H14FN5O2S/c1-17-7-14-16-11(17)4-5-15-20(18,19)8-2-3-10(13)9(12)6-8/h2-3,6-7,15H,4-5,13H2,1H3. The van der Waals surface area contributed by atoms with Crippen LogP contribution in [0.5, 0.6) is 0 Å². The molecule has 0 aliphatic heterocycles. The Hall–Kier alpha value is -2.00. The summed E-state index contributed by atoms with van der Waals surface area (Å²) in [5, 5.41) is 7.52. The van der Waals surface area contributed by atoms with Crippen LogP contribution >= 0.6 is 0 Å². The summed E-state index contributed by atoms with van der Waals surface area (Å²) in [5.74, 6) is -0.114. The summed E-state index contributed by atoms with van der Waals surface area (Å²) in [6.07, 6.45) is 1.91. The van der Waals surface area contributed by atoms with E-state index in [9.17, 15) is 12.8 Å². The van der Waals surface area contributed by atoms with E-state index in [1.807, 2.05) is 0 Å². The highest BCUT2D eigenvalue weighted by molar-refractivity contribution is 7.89. The molecule has 0 saturated heterocycles. The van der Waals surface area contributed by atoms with Crippen molar-refractivity contribution in [2.24, 2.45) is 7.05 Å². The number of benzene rings is 1. The zero-order valence-corrected chi connectivity index (χ0v) is 11.6. The van der Waals surface area contributed by atoms with E-state index in [0.717, 1.165) is 6.07 Å². The molecule has 2 aromatic rings. The Labute approximate surface area is 115 Å². The summed E-state index contributed by atoms with van der Waals surface area (Å²) in [5.41, 5.74) is 5.21. The quantitative estimate of drug-likeness (QED) is 0.760. The monoisotopic (exact) mass is 299 g/mol. The summed E-state index contributed by atoms with van der Waals surface area (Å²) in [7, 11) is -2.01. The molecule has 0 unspecified atom stereocenters. The van der Waals surface area contributed by atoms with E-state index in [-0.39, 0.29) is 17.1 Å². The summed E-state index contributed by atoms with van der Waals surface area (Å²) in [4.78, 5) is -0.165. The van der Waals surface area contributed by atoms with Gasteiger partial charge in [0.2, 0.25) is 10.0 Å². The van der Waals surface area contributed by atoms with Crippen molar-refractivity contribution < 1.29 is 12.8 Å². The Morgan fingerprint density at radius 3 is 2.80 bits per heavy atom. The fraction of sp³-hybridized carbons (Fsp3) is 0.273. The molecule has 0 atom stereocenters. The van der Waals surface area contributed by atoms with E-state index in [0.29, 0.717) is 12.2 Å². The Balaban J connectivity index is 2.04. The molecule has 0 amide bonds. The topological polar surface area (TPSA) is 103 Å². The van der Waals surface area contributed by atoms with Gasteiger partial charge in [0, 0.05) is 20.0 Å². The molecule has 3 N–H and O–H groups in total. The van der Waals surface area contributed by atoms with Gasteiger partial charge in [0.15, 0.2) is 0 Å². The van der Waals surface area contributed by atoms with E-state index >= 15 is 0 Å². The molecule has 0 bridgehead atoms. The van der Waals surface area contributed by atoms with Crippen molar-refractivity contribution >= 4 is 15.7 Å². The summed E-state index contributed by atoms with van der Waals surface area (Å²) < 4.78 is 41.2. The number of nitrogens with one attached hydrogen (secondary N) is 1. The van der Waals surface area contributed by atoms with Crippen LogP contribution in [0.3, 0.4) is 0 Å². The van der Waals surface area contributed by atoms with Gasteiger partial charge in [-0.25, -0.2) is 17.5 Å². The molecule has 0 fully saturated rings. The van der Waals surface area contributed by atoms with Crippen LogP contribution in [0.1, 0.15) is 5.82 Å². The molecule has 0 saturated carbocycles. The van der Waals surface area contributed by atoms with Gasteiger partial charge in [-0.15, -0.1) is 10.2 Å². The molecule has 0 radical (unpaired) electrons. The van der Waals surface area contributed by atoms with Gasteiger partial charge >= 0.3 is 0 Å². The zero-order valence-electron chi connectivity index (χ0n) is 10.7. The summed E-state index contributed by atoms with van der Waals surface area (Å²) in [6.45, 7) is 0.140. The molecule has 0 spiro atoms. The molecule has 108 valence electrons. The van der Waals surface area contributed by atoms with Crippen LogP contribution in [-0.2, 0) is 23.5 Å². The molecule has 9 heteroatoms. The van der Waals surface area contributed by atoms with Crippen LogP contribution in [0.4, 0.5) is 10.1 Å². The van der Waals surface area contributed by atoms with Crippen molar-refractivity contribution in [2.45, 2.75) is 11.3 Å². The smallest absolute Gasteiger partial charge is 0.240 e. The number of aryl methyl sites for hydroxylation is 1. The molecule has 0 aliphatic carbocycles. The van der Waals surface area contributed by atoms with Crippen molar-refractivity contribution in [1.29, 1.82) is 0 Å². The van der Waals surface area contributed by atoms with Crippen LogP contribution in [-0.4, -0.2) is 29.7 Å². The van der Waals surface area contributed by atoms with Crippen LogP contribution in [0, 0.1) is 5.82 Å². The highest BCUT2D eigenvalue weighted by Crippen LogP contribution is 2.15. The highest BCUT2D eigenvalue weighted by atomic mass is 32.2. The zero-order chi connectivity index (χ0) is 14.8. The number of halogens is 1. The third kappa shape index (κ3) is 3.11. The van der Waals surface area contributed by atoms with Gasteiger partial charge in [-0.05, 0) is 18.2 Å². The first kappa shape index (κ1) is 14.4. The Morgan fingerprint density at radius 1 is 1.45 bits per heavy atom. The Kier molecular flexibility index (Phi) is 4.00. The minimum Gasteiger partial charge on any atom is -0.396 e. The van der Waals surface area contributed by atoms with Crippen molar-refractivity contribution in [1.82, 2.24) is 19.5 Å². The second kappa shape index (κ2) is 5.55. The second-order valence-corrected chi connectivity index (χ2v) is 5.96. The number of rotatable bonds is 5. The van der Waals surface area contributed by atoms with Crippen molar-refractivity contribution in [3.8, 4) is 0 Å². The molecule has 1 heterocycles. The summed E-state index contributed by atoms with van der Waals surface area (Å²) in [6, 6.07) is 3.36. The first-order chi connectivity index (χ1) is 9.40. The number of nitrogen functional groups attached to an aromatic ring is 1. The average molecular weight is 299 g/mol. The molecule has 2 rings (SSSR count). The van der Waals surface area contributed by atoms with Crippen molar-refractivity contribution in [3.63, 3.8) is 0 Å². The van der Waals surface area contributed by atoms with E-state index < -0.39 is 15.8 Å². The maximum absolute atomic E-state index is 13.3. The van der Waals surface area contributed by atoms with Crippen molar-refractivity contribution in [2.75, 3.05) is 12.3 Å². The molecular formula is C11H14FN5O2S. The third-order valence-electron chi connectivity index (χ3n) is 2.73. The lowest BCUT2D eigenvalue weighted by molar-refractivity contribution is 0.576. The van der Waals surface area contributed by atoms with Crippen LogP contribution < -0.4 is 10.5 Å². The van der Waals surface area contributed by atoms with Gasteiger partial charge in [0.1, 0.15) is 18.0 Å². The fourth-order valence-corrected chi connectivity index (χ4v) is 2.63. The number of aromatic nitrogens is 3. The highest BCUT2D eigenvalue weighted by Gasteiger charge is 2.15. The van der Waals surface area contributed by atoms with E-state index in [1.165, 1.54) is 18.5 Å². The fourth-order valence-electron chi connectivity index (χ4n) is 1.59. The average Bonchev–Trinajstić information content (AvgIpc) is 2.78. The molecule has 7 nitrogen and oxygen atoms in total. The lowest BCUT2D eigenvalue weighted by atomic mass is 10.3. The second-order valence-electron chi connectivity index (χ2n) is 4.19. The maximum Gasteiger partial charge on any atom is 0.240 e. The third-order valence-corrected chi connectivity index (χ3v) is 4.19. The predicted molar refractivity (Wildman–Crippen MR) is 70.7 cm³/mol. The number of hydrogen-bond donors (Lipinski definition) is 2. The molecular weight excluding hydrogens is 285 g/mol. The van der Waals surface area contributed by atoms with Crippen LogP contribution in [0.15, 0.2) is 29.4 Å². The minimum absolute atomic E-state index is 0.0944. The number of anilines is 1. The number of nitrogens with two attached hydrogens (primary N) is 1. The minimum atomic E-state index is -3.77. The molecule has 20 heavy (non-hydrogen) atoms. The normalized spacial score (nSPS) is 11.7. The SMILES string of the molecule is Cn1cnnc1CCNS(=O)(=O)c1ccc(N)c(F)c1. The number of sulfonamides is 1. The number of hydrogen-bond acceptors (Lipinski definition) is 5. The Morgan fingerprint density at radius 2 is 2.20 bits per heavy atom. The summed E-state index contributed by atoms with van der Waals surface area (Å²) >= 11 is 0. The van der Waals surface area contributed by atoms with Crippen molar-refractivity contribution in [3.05, 3.63) is 36.2 Å². The Bertz CT molecular complexity index is 713. The van der Waals surface area contributed by atoms with Gasteiger partial charge < -0.3 is 10.3 Å².